The number of carbonyl (C=O) groups excluding carboxylic acids is 1. The lowest BCUT2D eigenvalue weighted by atomic mass is 10.0. The molecule has 0 fully saturated rings. The van der Waals surface area contributed by atoms with Gasteiger partial charge in [0.15, 0.2) is 0 Å². The molecule has 0 aliphatic rings. The molecule has 21 heavy (non-hydrogen) atoms. The van der Waals surface area contributed by atoms with Crippen molar-refractivity contribution in [3.8, 4) is 12.3 Å². The van der Waals surface area contributed by atoms with E-state index < -0.39 is 12.0 Å². The van der Waals surface area contributed by atoms with E-state index in [9.17, 15) is 9.59 Å². The molecule has 0 bridgehead atoms. The SMILES string of the molecule is C#CCCCCC(=O)NC(CCc1ccccc1)C(=O)O. The first-order chi connectivity index (χ1) is 10.1. The summed E-state index contributed by atoms with van der Waals surface area (Å²) in [7, 11) is 0. The Hall–Kier alpha value is -2.28. The number of carboxylic acids is 1. The fourth-order valence-electron chi connectivity index (χ4n) is 1.99. The molecule has 0 aromatic heterocycles. The van der Waals surface area contributed by atoms with E-state index in [-0.39, 0.29) is 5.91 Å². The summed E-state index contributed by atoms with van der Waals surface area (Å²) in [5.74, 6) is 1.29. The summed E-state index contributed by atoms with van der Waals surface area (Å²) in [5, 5.41) is 11.7. The Morgan fingerprint density at radius 1 is 1.24 bits per heavy atom. The Labute approximate surface area is 125 Å². The van der Waals surface area contributed by atoms with Crippen molar-refractivity contribution in [2.75, 3.05) is 0 Å². The molecule has 0 aliphatic heterocycles. The first-order valence-corrected chi connectivity index (χ1v) is 7.13. The number of benzene rings is 1. The van der Waals surface area contributed by atoms with Crippen molar-refractivity contribution in [2.45, 2.75) is 44.6 Å². The zero-order valence-electron chi connectivity index (χ0n) is 12.0. The van der Waals surface area contributed by atoms with Crippen molar-refractivity contribution in [3.05, 3.63) is 35.9 Å². The molecule has 1 unspecified atom stereocenters. The van der Waals surface area contributed by atoms with Gasteiger partial charge in [0.1, 0.15) is 6.04 Å². The summed E-state index contributed by atoms with van der Waals surface area (Å²) < 4.78 is 0. The van der Waals surface area contributed by atoms with Crippen molar-refractivity contribution >= 4 is 11.9 Å². The van der Waals surface area contributed by atoms with Crippen LogP contribution in [0.1, 0.15) is 37.7 Å². The lowest BCUT2D eigenvalue weighted by Gasteiger charge is -2.14. The number of terminal acetylenes is 1. The Morgan fingerprint density at radius 2 is 1.95 bits per heavy atom. The minimum absolute atomic E-state index is 0.229. The molecule has 4 nitrogen and oxygen atoms in total. The quantitative estimate of drug-likeness (QED) is 0.541. The van der Waals surface area contributed by atoms with Crippen LogP contribution in [0.15, 0.2) is 30.3 Å². The highest BCUT2D eigenvalue weighted by molar-refractivity contribution is 5.83. The van der Waals surface area contributed by atoms with E-state index >= 15 is 0 Å². The van der Waals surface area contributed by atoms with Crippen LogP contribution in [-0.2, 0) is 16.0 Å². The summed E-state index contributed by atoms with van der Waals surface area (Å²) in [5.41, 5.74) is 1.06. The number of nitrogens with one attached hydrogen (secondary N) is 1. The van der Waals surface area contributed by atoms with E-state index in [0.29, 0.717) is 32.1 Å². The lowest BCUT2D eigenvalue weighted by Crippen LogP contribution is -2.41. The fourth-order valence-corrected chi connectivity index (χ4v) is 1.99. The fraction of sp³-hybridized carbons (Fsp3) is 0.412. The van der Waals surface area contributed by atoms with E-state index in [4.69, 9.17) is 11.5 Å². The second-order valence-electron chi connectivity index (χ2n) is 4.89. The third-order valence-electron chi connectivity index (χ3n) is 3.17. The highest BCUT2D eigenvalue weighted by atomic mass is 16.4. The van der Waals surface area contributed by atoms with Gasteiger partial charge in [0.25, 0.3) is 0 Å². The average Bonchev–Trinajstić information content (AvgIpc) is 2.48. The van der Waals surface area contributed by atoms with Gasteiger partial charge in [-0.05, 0) is 31.2 Å². The molecule has 0 saturated heterocycles. The molecule has 1 aromatic carbocycles. The van der Waals surface area contributed by atoms with E-state index in [1.807, 2.05) is 30.3 Å². The molecule has 0 heterocycles. The van der Waals surface area contributed by atoms with Gasteiger partial charge in [-0.1, -0.05) is 30.3 Å². The van der Waals surface area contributed by atoms with Crippen molar-refractivity contribution in [3.63, 3.8) is 0 Å². The zero-order chi connectivity index (χ0) is 15.5. The molecular weight excluding hydrogens is 266 g/mol. The van der Waals surface area contributed by atoms with Crippen molar-refractivity contribution in [1.82, 2.24) is 5.32 Å². The van der Waals surface area contributed by atoms with Gasteiger partial charge in [-0.25, -0.2) is 4.79 Å². The number of aryl methyl sites for hydroxylation is 1. The third kappa shape index (κ3) is 7.17. The highest BCUT2D eigenvalue weighted by Crippen LogP contribution is 2.06. The topological polar surface area (TPSA) is 66.4 Å². The molecule has 4 heteroatoms. The normalized spacial score (nSPS) is 11.4. The van der Waals surface area contributed by atoms with Crippen molar-refractivity contribution < 1.29 is 14.7 Å². The van der Waals surface area contributed by atoms with E-state index in [2.05, 4.69) is 11.2 Å². The smallest absolute Gasteiger partial charge is 0.326 e. The van der Waals surface area contributed by atoms with Crippen LogP contribution in [0, 0.1) is 12.3 Å². The minimum Gasteiger partial charge on any atom is -0.480 e. The standard InChI is InChI=1S/C17H21NO3/c1-2-3-4-8-11-16(19)18-15(17(20)21)13-12-14-9-6-5-7-10-14/h1,5-7,9-10,15H,3-4,8,11-13H2,(H,18,19)(H,20,21). The van der Waals surface area contributed by atoms with Gasteiger partial charge < -0.3 is 10.4 Å². The Bertz CT molecular complexity index is 491. The zero-order valence-corrected chi connectivity index (χ0v) is 12.0. The minimum atomic E-state index is -0.997. The van der Waals surface area contributed by atoms with E-state index in [0.717, 1.165) is 12.0 Å². The van der Waals surface area contributed by atoms with Crippen LogP contribution in [0.3, 0.4) is 0 Å². The number of unbranched alkanes of at least 4 members (excludes halogenated alkanes) is 2. The molecule has 1 rings (SSSR count). The second kappa shape index (κ2) is 9.60. The summed E-state index contributed by atoms with van der Waals surface area (Å²) in [4.78, 5) is 22.9. The summed E-state index contributed by atoms with van der Waals surface area (Å²) in [6, 6.07) is 8.78. The van der Waals surface area contributed by atoms with Crippen LogP contribution < -0.4 is 5.32 Å². The van der Waals surface area contributed by atoms with Gasteiger partial charge in [-0.3, -0.25) is 4.79 Å². The maximum absolute atomic E-state index is 11.7. The molecular formula is C17H21NO3. The summed E-state index contributed by atoms with van der Waals surface area (Å²) in [6.45, 7) is 0. The summed E-state index contributed by atoms with van der Waals surface area (Å²) >= 11 is 0. The van der Waals surface area contributed by atoms with Gasteiger partial charge >= 0.3 is 5.97 Å². The van der Waals surface area contributed by atoms with Crippen LogP contribution in [0.5, 0.6) is 0 Å². The maximum atomic E-state index is 11.7. The number of carbonyl (C=O) groups is 2. The maximum Gasteiger partial charge on any atom is 0.326 e. The number of rotatable bonds is 9. The highest BCUT2D eigenvalue weighted by Gasteiger charge is 2.19. The van der Waals surface area contributed by atoms with Gasteiger partial charge in [-0.2, -0.15) is 0 Å². The number of aliphatic carboxylic acids is 1. The largest absolute Gasteiger partial charge is 0.480 e. The number of hydrogen-bond donors (Lipinski definition) is 2. The van der Waals surface area contributed by atoms with Crippen LogP contribution in [-0.4, -0.2) is 23.0 Å². The molecule has 1 aromatic rings. The van der Waals surface area contributed by atoms with Gasteiger partial charge in [0.2, 0.25) is 5.91 Å². The van der Waals surface area contributed by atoms with Crippen LogP contribution >= 0.6 is 0 Å². The molecule has 0 spiro atoms. The Balaban J connectivity index is 2.38. The predicted molar refractivity (Wildman–Crippen MR) is 81.6 cm³/mol. The van der Waals surface area contributed by atoms with Crippen molar-refractivity contribution in [1.29, 1.82) is 0 Å². The number of amides is 1. The monoisotopic (exact) mass is 287 g/mol. The summed E-state index contributed by atoms with van der Waals surface area (Å²) in [6.07, 6.45) is 8.56. The van der Waals surface area contributed by atoms with Gasteiger partial charge in [0, 0.05) is 12.8 Å². The molecule has 2 N–H and O–H groups in total. The van der Waals surface area contributed by atoms with Gasteiger partial charge in [0.05, 0.1) is 0 Å². The number of hydrogen-bond acceptors (Lipinski definition) is 2. The molecule has 1 atom stereocenters. The van der Waals surface area contributed by atoms with E-state index in [1.54, 1.807) is 0 Å². The predicted octanol–water partition coefficient (Wildman–Crippen LogP) is 2.38. The molecule has 0 radical (unpaired) electrons. The lowest BCUT2D eigenvalue weighted by molar-refractivity contribution is -0.142. The first-order valence-electron chi connectivity index (χ1n) is 7.13. The van der Waals surface area contributed by atoms with Crippen molar-refractivity contribution in [2.24, 2.45) is 0 Å². The number of carboxylic acid groups (broad SMARTS) is 1. The Morgan fingerprint density at radius 3 is 2.57 bits per heavy atom. The van der Waals surface area contributed by atoms with Crippen LogP contribution in [0.2, 0.25) is 0 Å². The average molecular weight is 287 g/mol. The van der Waals surface area contributed by atoms with Crippen LogP contribution in [0.4, 0.5) is 0 Å². The molecule has 1 amide bonds. The van der Waals surface area contributed by atoms with Gasteiger partial charge in [-0.15, -0.1) is 12.3 Å². The van der Waals surface area contributed by atoms with E-state index in [1.165, 1.54) is 0 Å². The first kappa shape index (κ1) is 16.8. The second-order valence-corrected chi connectivity index (χ2v) is 4.89. The molecule has 0 saturated carbocycles. The van der Waals surface area contributed by atoms with Crippen LogP contribution in [0.25, 0.3) is 0 Å². The third-order valence-corrected chi connectivity index (χ3v) is 3.17. The Kier molecular flexibility index (Phi) is 7.67. The molecule has 0 aliphatic carbocycles. The molecule has 112 valence electrons.